The summed E-state index contributed by atoms with van der Waals surface area (Å²) >= 11 is 0. The lowest BCUT2D eigenvalue weighted by atomic mass is 10.3. The van der Waals surface area contributed by atoms with Crippen LogP contribution in [0.15, 0.2) is 30.3 Å². The maximum absolute atomic E-state index is 5.41. The van der Waals surface area contributed by atoms with Gasteiger partial charge in [0.25, 0.3) is 0 Å². The predicted octanol–water partition coefficient (Wildman–Crippen LogP) is 3.50. The Bertz CT molecular complexity index is 179. The molecule has 1 heteroatoms. The van der Waals surface area contributed by atoms with E-state index in [1.807, 2.05) is 58.0 Å². The molecule has 68 valence electrons. The van der Waals surface area contributed by atoms with Gasteiger partial charge in [0, 0.05) is 0 Å². The SMILES string of the molecule is CC.CC(C)Oc1ccccc1. The molecule has 1 aromatic carbocycles. The molecule has 0 N–H and O–H groups in total. The van der Waals surface area contributed by atoms with E-state index in [0.717, 1.165) is 5.75 Å². The van der Waals surface area contributed by atoms with Gasteiger partial charge in [0.05, 0.1) is 6.10 Å². The molecule has 0 atom stereocenters. The second-order valence-electron chi connectivity index (χ2n) is 2.48. The highest BCUT2D eigenvalue weighted by atomic mass is 16.5. The lowest BCUT2D eigenvalue weighted by molar-refractivity contribution is 0.242. The summed E-state index contributed by atoms with van der Waals surface area (Å²) in [5.41, 5.74) is 0. The first-order chi connectivity index (χ1) is 5.79. The zero-order chi connectivity index (χ0) is 9.40. The fourth-order valence-corrected chi connectivity index (χ4v) is 0.771. The highest BCUT2D eigenvalue weighted by molar-refractivity contribution is 5.20. The number of para-hydroxylation sites is 1. The topological polar surface area (TPSA) is 9.23 Å². The first kappa shape index (κ1) is 11.0. The van der Waals surface area contributed by atoms with Crippen LogP contribution in [0, 0.1) is 0 Å². The van der Waals surface area contributed by atoms with Crippen LogP contribution < -0.4 is 4.74 Å². The number of rotatable bonds is 2. The van der Waals surface area contributed by atoms with E-state index in [1.54, 1.807) is 0 Å². The molecule has 0 aromatic heterocycles. The van der Waals surface area contributed by atoms with Crippen LogP contribution in [0.4, 0.5) is 0 Å². The van der Waals surface area contributed by atoms with Crippen molar-refractivity contribution in [2.75, 3.05) is 0 Å². The minimum absolute atomic E-state index is 0.266. The molecule has 0 amide bonds. The van der Waals surface area contributed by atoms with E-state index in [1.165, 1.54) is 0 Å². The lowest BCUT2D eigenvalue weighted by Crippen LogP contribution is -2.04. The van der Waals surface area contributed by atoms with Crippen molar-refractivity contribution in [1.82, 2.24) is 0 Å². The summed E-state index contributed by atoms with van der Waals surface area (Å²) in [7, 11) is 0. The number of hydrogen-bond donors (Lipinski definition) is 0. The molecule has 0 aliphatic heterocycles. The standard InChI is InChI=1S/C9H12O.C2H6/c1-8(2)10-9-6-4-3-5-7-9;1-2/h3-8H,1-2H3;1-2H3. The fraction of sp³-hybridized carbons (Fsp3) is 0.455. The van der Waals surface area contributed by atoms with Crippen LogP contribution in [0.3, 0.4) is 0 Å². The van der Waals surface area contributed by atoms with Gasteiger partial charge in [-0.25, -0.2) is 0 Å². The zero-order valence-corrected chi connectivity index (χ0v) is 8.37. The Balaban J connectivity index is 0.000000561. The van der Waals surface area contributed by atoms with Crippen molar-refractivity contribution >= 4 is 0 Å². The monoisotopic (exact) mass is 166 g/mol. The third-order valence-electron chi connectivity index (χ3n) is 1.11. The first-order valence-electron chi connectivity index (χ1n) is 4.51. The van der Waals surface area contributed by atoms with Crippen LogP contribution in [-0.2, 0) is 0 Å². The van der Waals surface area contributed by atoms with E-state index >= 15 is 0 Å². The van der Waals surface area contributed by atoms with Gasteiger partial charge in [-0.05, 0) is 26.0 Å². The molecule has 0 radical (unpaired) electrons. The van der Waals surface area contributed by atoms with Crippen molar-refractivity contribution in [3.05, 3.63) is 30.3 Å². The summed E-state index contributed by atoms with van der Waals surface area (Å²) in [5.74, 6) is 0.942. The third kappa shape index (κ3) is 4.78. The van der Waals surface area contributed by atoms with Gasteiger partial charge in [-0.1, -0.05) is 32.0 Å². The summed E-state index contributed by atoms with van der Waals surface area (Å²) < 4.78 is 5.41. The van der Waals surface area contributed by atoms with Crippen LogP contribution in [0.1, 0.15) is 27.7 Å². The number of hydrogen-bond acceptors (Lipinski definition) is 1. The largest absolute Gasteiger partial charge is 0.491 e. The molecular formula is C11H18O. The second kappa shape index (κ2) is 6.71. The Kier molecular flexibility index (Phi) is 6.16. The Hall–Kier alpha value is -0.980. The molecule has 1 rings (SSSR count). The molecule has 1 nitrogen and oxygen atoms in total. The molecular weight excluding hydrogens is 148 g/mol. The molecule has 0 unspecified atom stereocenters. The average molecular weight is 166 g/mol. The second-order valence-corrected chi connectivity index (χ2v) is 2.48. The fourth-order valence-electron chi connectivity index (χ4n) is 0.771. The number of ether oxygens (including phenoxy) is 1. The predicted molar refractivity (Wildman–Crippen MR) is 53.6 cm³/mol. The quantitative estimate of drug-likeness (QED) is 0.653. The molecule has 0 spiro atoms. The van der Waals surface area contributed by atoms with Crippen molar-refractivity contribution < 1.29 is 4.74 Å². The van der Waals surface area contributed by atoms with Gasteiger partial charge in [-0.15, -0.1) is 0 Å². The molecule has 0 bridgehead atoms. The third-order valence-corrected chi connectivity index (χ3v) is 1.11. The Labute approximate surface area is 75.4 Å². The van der Waals surface area contributed by atoms with E-state index in [9.17, 15) is 0 Å². The molecule has 0 heterocycles. The van der Waals surface area contributed by atoms with E-state index < -0.39 is 0 Å². The molecule has 0 aliphatic carbocycles. The van der Waals surface area contributed by atoms with E-state index in [0.29, 0.717) is 0 Å². The van der Waals surface area contributed by atoms with Gasteiger partial charge in [-0.3, -0.25) is 0 Å². The van der Waals surface area contributed by atoms with Crippen LogP contribution in [0.5, 0.6) is 5.75 Å². The van der Waals surface area contributed by atoms with Gasteiger partial charge in [0.2, 0.25) is 0 Å². The summed E-state index contributed by atoms with van der Waals surface area (Å²) in [6.07, 6.45) is 0.266. The summed E-state index contributed by atoms with van der Waals surface area (Å²) in [4.78, 5) is 0. The minimum atomic E-state index is 0.266. The van der Waals surface area contributed by atoms with Crippen LogP contribution in [0.25, 0.3) is 0 Å². The maximum atomic E-state index is 5.41. The van der Waals surface area contributed by atoms with E-state index in [2.05, 4.69) is 0 Å². The number of benzene rings is 1. The molecule has 0 saturated heterocycles. The van der Waals surface area contributed by atoms with Crippen molar-refractivity contribution in [3.63, 3.8) is 0 Å². The summed E-state index contributed by atoms with van der Waals surface area (Å²) in [5, 5.41) is 0. The van der Waals surface area contributed by atoms with Crippen molar-refractivity contribution in [3.8, 4) is 5.75 Å². The minimum Gasteiger partial charge on any atom is -0.491 e. The van der Waals surface area contributed by atoms with Crippen molar-refractivity contribution in [2.24, 2.45) is 0 Å². The molecule has 0 fully saturated rings. The van der Waals surface area contributed by atoms with Gasteiger partial charge in [0.1, 0.15) is 5.75 Å². The van der Waals surface area contributed by atoms with Crippen LogP contribution in [0.2, 0.25) is 0 Å². The summed E-state index contributed by atoms with van der Waals surface area (Å²) in [6.45, 7) is 8.04. The summed E-state index contributed by atoms with van der Waals surface area (Å²) in [6, 6.07) is 9.84. The highest BCUT2D eigenvalue weighted by Gasteiger charge is 1.92. The maximum Gasteiger partial charge on any atom is 0.119 e. The van der Waals surface area contributed by atoms with Crippen molar-refractivity contribution in [1.29, 1.82) is 0 Å². The van der Waals surface area contributed by atoms with Gasteiger partial charge >= 0.3 is 0 Å². The molecule has 0 aliphatic rings. The Morgan fingerprint density at radius 3 is 1.92 bits per heavy atom. The van der Waals surface area contributed by atoms with E-state index in [-0.39, 0.29) is 6.10 Å². The zero-order valence-electron chi connectivity index (χ0n) is 8.37. The smallest absolute Gasteiger partial charge is 0.119 e. The molecule has 12 heavy (non-hydrogen) atoms. The first-order valence-corrected chi connectivity index (χ1v) is 4.51. The normalized spacial score (nSPS) is 8.75. The molecule has 0 saturated carbocycles. The Morgan fingerprint density at radius 1 is 1.00 bits per heavy atom. The lowest BCUT2D eigenvalue weighted by Gasteiger charge is -2.07. The van der Waals surface area contributed by atoms with Crippen LogP contribution >= 0.6 is 0 Å². The average Bonchev–Trinajstić information content (AvgIpc) is 2.08. The van der Waals surface area contributed by atoms with Crippen LogP contribution in [-0.4, -0.2) is 6.10 Å². The van der Waals surface area contributed by atoms with E-state index in [4.69, 9.17) is 4.74 Å². The van der Waals surface area contributed by atoms with Gasteiger partial charge in [-0.2, -0.15) is 0 Å². The van der Waals surface area contributed by atoms with Crippen molar-refractivity contribution in [2.45, 2.75) is 33.8 Å². The van der Waals surface area contributed by atoms with Gasteiger partial charge in [0.15, 0.2) is 0 Å². The highest BCUT2D eigenvalue weighted by Crippen LogP contribution is 2.09. The molecule has 1 aromatic rings. The Morgan fingerprint density at radius 2 is 1.50 bits per heavy atom. The van der Waals surface area contributed by atoms with Gasteiger partial charge < -0.3 is 4.74 Å².